The summed E-state index contributed by atoms with van der Waals surface area (Å²) in [6.45, 7) is 3.84. The predicted octanol–water partition coefficient (Wildman–Crippen LogP) is 3.33. The monoisotopic (exact) mass is 326 g/mol. The van der Waals surface area contributed by atoms with Crippen LogP contribution in [0.15, 0.2) is 35.1 Å². The third kappa shape index (κ3) is 2.96. The third-order valence-electron chi connectivity index (χ3n) is 4.86. The minimum absolute atomic E-state index is 0.0378. The number of morpholine rings is 1. The van der Waals surface area contributed by atoms with Gasteiger partial charge in [-0.3, -0.25) is 4.79 Å². The highest BCUT2D eigenvalue weighted by atomic mass is 16.5. The molecule has 4 rings (SSSR count). The fourth-order valence-electron chi connectivity index (χ4n) is 3.20. The van der Waals surface area contributed by atoms with Crippen molar-refractivity contribution in [2.45, 2.75) is 38.2 Å². The molecule has 1 saturated carbocycles. The van der Waals surface area contributed by atoms with Crippen LogP contribution in [0.3, 0.4) is 0 Å². The summed E-state index contributed by atoms with van der Waals surface area (Å²) in [7, 11) is 0. The maximum Gasteiger partial charge on any atom is 0.276 e. The first kappa shape index (κ1) is 15.4. The summed E-state index contributed by atoms with van der Waals surface area (Å²) in [4.78, 5) is 18.9. The lowest BCUT2D eigenvalue weighted by Gasteiger charge is -2.33. The molecule has 0 bridgehead atoms. The first-order valence-electron chi connectivity index (χ1n) is 8.69. The Hall–Kier alpha value is -2.14. The molecule has 5 heteroatoms. The van der Waals surface area contributed by atoms with Crippen LogP contribution in [0, 0.1) is 0 Å². The number of carbonyl (C=O) groups excluding carboxylic acids is 1. The van der Waals surface area contributed by atoms with Crippen molar-refractivity contribution in [3.05, 3.63) is 53.2 Å². The second kappa shape index (κ2) is 6.40. The normalized spacial score (nSPS) is 21.0. The highest BCUT2D eigenvalue weighted by Crippen LogP contribution is 2.41. The van der Waals surface area contributed by atoms with Crippen molar-refractivity contribution in [3.63, 3.8) is 0 Å². The average Bonchev–Trinajstić information content (AvgIpc) is 3.38. The zero-order valence-corrected chi connectivity index (χ0v) is 13.9. The fourth-order valence-corrected chi connectivity index (χ4v) is 3.20. The van der Waals surface area contributed by atoms with Crippen LogP contribution in [0.1, 0.15) is 59.2 Å². The Kier molecular flexibility index (Phi) is 4.10. The quantitative estimate of drug-likeness (QED) is 0.865. The first-order valence-corrected chi connectivity index (χ1v) is 8.69. The molecule has 1 aromatic carbocycles. The molecule has 0 spiro atoms. The van der Waals surface area contributed by atoms with Gasteiger partial charge < -0.3 is 14.1 Å². The highest BCUT2D eigenvalue weighted by Gasteiger charge is 2.35. The number of nitrogens with zero attached hydrogens (tertiary/aromatic N) is 2. The average molecular weight is 326 g/mol. The summed E-state index contributed by atoms with van der Waals surface area (Å²) in [6, 6.07) is 8.46. The van der Waals surface area contributed by atoms with E-state index in [1.54, 1.807) is 0 Å². The van der Waals surface area contributed by atoms with Gasteiger partial charge in [-0.25, -0.2) is 4.98 Å². The minimum Gasteiger partial charge on any atom is -0.447 e. The van der Waals surface area contributed by atoms with E-state index >= 15 is 0 Å². The molecular weight excluding hydrogens is 304 g/mol. The maximum atomic E-state index is 12.8. The van der Waals surface area contributed by atoms with Crippen LogP contribution >= 0.6 is 0 Å². The molecule has 2 aromatic rings. The molecule has 0 N–H and O–H groups in total. The van der Waals surface area contributed by atoms with E-state index in [0.29, 0.717) is 31.3 Å². The summed E-state index contributed by atoms with van der Waals surface area (Å²) in [5, 5.41) is 0. The van der Waals surface area contributed by atoms with Crippen molar-refractivity contribution in [2.24, 2.45) is 0 Å². The SMILES string of the molecule is CCc1ccc(C2CN(C(=O)c3ncoc3C3CC3)CCO2)cc1. The highest BCUT2D eigenvalue weighted by molar-refractivity contribution is 5.93. The van der Waals surface area contributed by atoms with Crippen molar-refractivity contribution < 1.29 is 13.9 Å². The molecule has 1 saturated heterocycles. The van der Waals surface area contributed by atoms with E-state index < -0.39 is 0 Å². The molecule has 126 valence electrons. The van der Waals surface area contributed by atoms with E-state index in [1.807, 2.05) is 4.90 Å². The fraction of sp³-hybridized carbons (Fsp3) is 0.474. The van der Waals surface area contributed by atoms with Gasteiger partial charge in [0.2, 0.25) is 0 Å². The van der Waals surface area contributed by atoms with Gasteiger partial charge in [-0.05, 0) is 30.4 Å². The molecule has 2 heterocycles. The molecule has 1 aliphatic carbocycles. The second-order valence-corrected chi connectivity index (χ2v) is 6.55. The Balaban J connectivity index is 1.49. The second-order valence-electron chi connectivity index (χ2n) is 6.55. The summed E-state index contributed by atoms with van der Waals surface area (Å²) >= 11 is 0. The molecule has 1 atom stereocenters. The topological polar surface area (TPSA) is 55.6 Å². The molecular formula is C19H22N2O3. The molecule has 1 amide bonds. The number of oxazole rings is 1. The Morgan fingerprint density at radius 1 is 1.29 bits per heavy atom. The molecule has 5 nitrogen and oxygen atoms in total. The minimum atomic E-state index is -0.0788. The molecule has 1 aromatic heterocycles. The molecule has 1 unspecified atom stereocenters. The number of ether oxygens (including phenoxy) is 1. The number of benzene rings is 1. The lowest BCUT2D eigenvalue weighted by molar-refractivity contribution is -0.0230. The van der Waals surface area contributed by atoms with Crippen LogP contribution in [-0.4, -0.2) is 35.5 Å². The van der Waals surface area contributed by atoms with E-state index in [2.05, 4.69) is 36.2 Å². The van der Waals surface area contributed by atoms with E-state index in [9.17, 15) is 4.79 Å². The predicted molar refractivity (Wildman–Crippen MR) is 88.9 cm³/mol. The van der Waals surface area contributed by atoms with E-state index in [1.165, 1.54) is 12.0 Å². The Morgan fingerprint density at radius 2 is 2.08 bits per heavy atom. The van der Waals surface area contributed by atoms with Crippen LogP contribution in [0.2, 0.25) is 0 Å². The van der Waals surface area contributed by atoms with Gasteiger partial charge in [-0.15, -0.1) is 0 Å². The summed E-state index contributed by atoms with van der Waals surface area (Å²) in [5.41, 5.74) is 2.91. The Morgan fingerprint density at radius 3 is 2.79 bits per heavy atom. The number of carbonyl (C=O) groups is 1. The van der Waals surface area contributed by atoms with Crippen molar-refractivity contribution in [1.82, 2.24) is 9.88 Å². The number of rotatable bonds is 4. The summed E-state index contributed by atoms with van der Waals surface area (Å²) < 4.78 is 11.3. The molecule has 2 aliphatic rings. The van der Waals surface area contributed by atoms with Gasteiger partial charge >= 0.3 is 0 Å². The lowest BCUT2D eigenvalue weighted by atomic mass is 10.0. The number of amides is 1. The number of hydrogen-bond acceptors (Lipinski definition) is 4. The largest absolute Gasteiger partial charge is 0.447 e. The van der Waals surface area contributed by atoms with Gasteiger partial charge in [0.15, 0.2) is 12.1 Å². The van der Waals surface area contributed by atoms with Gasteiger partial charge in [-0.1, -0.05) is 31.2 Å². The van der Waals surface area contributed by atoms with Gasteiger partial charge in [0.1, 0.15) is 11.9 Å². The van der Waals surface area contributed by atoms with Gasteiger partial charge in [0.25, 0.3) is 5.91 Å². The lowest BCUT2D eigenvalue weighted by Crippen LogP contribution is -2.42. The van der Waals surface area contributed by atoms with Crippen molar-refractivity contribution in [2.75, 3.05) is 19.7 Å². The molecule has 2 fully saturated rings. The van der Waals surface area contributed by atoms with Crippen LogP contribution in [0.5, 0.6) is 0 Å². The van der Waals surface area contributed by atoms with Gasteiger partial charge in [-0.2, -0.15) is 0 Å². The van der Waals surface area contributed by atoms with Gasteiger partial charge in [0.05, 0.1) is 13.2 Å². The maximum absolute atomic E-state index is 12.8. The Bertz CT molecular complexity index is 718. The van der Waals surface area contributed by atoms with Crippen LogP contribution < -0.4 is 0 Å². The van der Waals surface area contributed by atoms with E-state index in [-0.39, 0.29) is 12.0 Å². The number of hydrogen-bond donors (Lipinski definition) is 0. The summed E-state index contributed by atoms with van der Waals surface area (Å²) in [5.74, 6) is 1.10. The first-order chi connectivity index (χ1) is 11.8. The van der Waals surface area contributed by atoms with Crippen molar-refractivity contribution >= 4 is 5.91 Å². The van der Waals surface area contributed by atoms with Crippen LogP contribution in [0.4, 0.5) is 0 Å². The van der Waals surface area contributed by atoms with Crippen LogP contribution in [0.25, 0.3) is 0 Å². The standard InChI is InChI=1S/C19H22N2O3/c1-2-13-3-5-14(6-4-13)16-11-21(9-10-23-16)19(22)17-18(15-7-8-15)24-12-20-17/h3-6,12,15-16H,2,7-11H2,1H3. The van der Waals surface area contributed by atoms with E-state index in [0.717, 1.165) is 30.6 Å². The number of aromatic nitrogens is 1. The zero-order valence-electron chi connectivity index (χ0n) is 13.9. The number of aryl methyl sites for hydroxylation is 1. The van der Waals surface area contributed by atoms with Crippen molar-refractivity contribution in [3.8, 4) is 0 Å². The van der Waals surface area contributed by atoms with Gasteiger partial charge in [0, 0.05) is 12.5 Å². The third-order valence-corrected chi connectivity index (χ3v) is 4.86. The van der Waals surface area contributed by atoms with Crippen LogP contribution in [-0.2, 0) is 11.2 Å². The zero-order chi connectivity index (χ0) is 16.5. The smallest absolute Gasteiger partial charge is 0.276 e. The molecule has 24 heavy (non-hydrogen) atoms. The molecule has 1 aliphatic heterocycles. The van der Waals surface area contributed by atoms with E-state index in [4.69, 9.17) is 9.15 Å². The Labute approximate surface area is 141 Å². The summed E-state index contributed by atoms with van der Waals surface area (Å²) in [6.07, 6.45) is 4.51. The molecule has 0 radical (unpaired) electrons. The van der Waals surface area contributed by atoms with Crippen molar-refractivity contribution in [1.29, 1.82) is 0 Å².